The SMILES string of the molecule is N[C@H](c1ccc(Cl)nc1Cl)C1CCCCC1. The Bertz CT molecular complexity index is 362. The van der Waals surface area contributed by atoms with Crippen molar-refractivity contribution >= 4 is 23.2 Å². The molecule has 1 aromatic rings. The average Bonchev–Trinajstić information content (AvgIpc) is 2.29. The van der Waals surface area contributed by atoms with E-state index in [1.807, 2.05) is 6.07 Å². The molecular formula is C12H16Cl2N2. The Kier molecular flexibility index (Phi) is 4.06. The van der Waals surface area contributed by atoms with Crippen molar-refractivity contribution in [2.24, 2.45) is 11.7 Å². The zero-order chi connectivity index (χ0) is 11.5. The molecule has 0 radical (unpaired) electrons. The molecule has 1 heterocycles. The van der Waals surface area contributed by atoms with E-state index in [9.17, 15) is 0 Å². The summed E-state index contributed by atoms with van der Waals surface area (Å²) < 4.78 is 0. The first-order valence-corrected chi connectivity index (χ1v) is 6.51. The molecule has 0 spiro atoms. The number of halogens is 2. The molecule has 1 fully saturated rings. The van der Waals surface area contributed by atoms with E-state index < -0.39 is 0 Å². The summed E-state index contributed by atoms with van der Waals surface area (Å²) in [5, 5.41) is 0.871. The molecule has 1 saturated carbocycles. The monoisotopic (exact) mass is 258 g/mol. The smallest absolute Gasteiger partial charge is 0.135 e. The van der Waals surface area contributed by atoms with Crippen LogP contribution in [0.4, 0.5) is 0 Å². The summed E-state index contributed by atoms with van der Waals surface area (Å²) in [6.45, 7) is 0. The van der Waals surface area contributed by atoms with Gasteiger partial charge in [-0.05, 0) is 24.8 Å². The second-order valence-corrected chi connectivity index (χ2v) is 5.18. The molecule has 4 heteroatoms. The third kappa shape index (κ3) is 2.68. The highest BCUT2D eigenvalue weighted by Crippen LogP contribution is 2.35. The molecule has 1 aromatic heterocycles. The Hall–Kier alpha value is -0.310. The maximum absolute atomic E-state index is 6.25. The third-order valence-electron chi connectivity index (χ3n) is 3.36. The number of hydrogen-bond acceptors (Lipinski definition) is 2. The predicted molar refractivity (Wildman–Crippen MR) is 67.8 cm³/mol. The van der Waals surface area contributed by atoms with E-state index in [0.717, 1.165) is 5.56 Å². The van der Waals surface area contributed by atoms with E-state index in [1.165, 1.54) is 32.1 Å². The molecule has 2 nitrogen and oxygen atoms in total. The van der Waals surface area contributed by atoms with Crippen LogP contribution in [0.3, 0.4) is 0 Å². The van der Waals surface area contributed by atoms with Gasteiger partial charge in [0, 0.05) is 11.6 Å². The zero-order valence-corrected chi connectivity index (χ0v) is 10.6. The van der Waals surface area contributed by atoms with Gasteiger partial charge in [-0.2, -0.15) is 0 Å². The van der Waals surface area contributed by atoms with Crippen molar-refractivity contribution in [3.8, 4) is 0 Å². The molecule has 2 rings (SSSR count). The van der Waals surface area contributed by atoms with Crippen LogP contribution in [0.15, 0.2) is 12.1 Å². The predicted octanol–water partition coefficient (Wildman–Crippen LogP) is 3.97. The lowest BCUT2D eigenvalue weighted by atomic mass is 9.82. The summed E-state index contributed by atoms with van der Waals surface area (Å²) in [4.78, 5) is 4.04. The molecule has 0 bridgehead atoms. The van der Waals surface area contributed by atoms with E-state index in [-0.39, 0.29) is 6.04 Å². The topological polar surface area (TPSA) is 38.9 Å². The van der Waals surface area contributed by atoms with Gasteiger partial charge >= 0.3 is 0 Å². The van der Waals surface area contributed by atoms with E-state index in [4.69, 9.17) is 28.9 Å². The van der Waals surface area contributed by atoms with Crippen LogP contribution in [0.25, 0.3) is 0 Å². The van der Waals surface area contributed by atoms with Crippen molar-refractivity contribution in [3.05, 3.63) is 28.0 Å². The minimum Gasteiger partial charge on any atom is -0.324 e. The molecule has 1 atom stereocenters. The van der Waals surface area contributed by atoms with Crippen molar-refractivity contribution in [2.45, 2.75) is 38.1 Å². The fourth-order valence-corrected chi connectivity index (χ4v) is 2.89. The summed E-state index contributed by atoms with van der Waals surface area (Å²) in [6, 6.07) is 3.65. The second-order valence-electron chi connectivity index (χ2n) is 4.44. The molecule has 0 amide bonds. The van der Waals surface area contributed by atoms with Crippen LogP contribution in [0.2, 0.25) is 10.3 Å². The van der Waals surface area contributed by atoms with Crippen LogP contribution in [0, 0.1) is 5.92 Å². The highest BCUT2D eigenvalue weighted by molar-refractivity contribution is 6.32. The lowest BCUT2D eigenvalue weighted by Gasteiger charge is -2.28. The van der Waals surface area contributed by atoms with Crippen LogP contribution in [-0.4, -0.2) is 4.98 Å². The molecule has 88 valence electrons. The molecule has 1 aliphatic carbocycles. The Balaban J connectivity index is 2.15. The largest absolute Gasteiger partial charge is 0.324 e. The second kappa shape index (κ2) is 5.35. The Labute approximate surface area is 106 Å². The van der Waals surface area contributed by atoms with Gasteiger partial charge in [0.1, 0.15) is 10.3 Å². The van der Waals surface area contributed by atoms with Gasteiger partial charge in [-0.1, -0.05) is 48.5 Å². The summed E-state index contributed by atoms with van der Waals surface area (Å²) in [6.07, 6.45) is 6.27. The fourth-order valence-electron chi connectivity index (χ4n) is 2.42. The summed E-state index contributed by atoms with van der Waals surface area (Å²) in [7, 11) is 0. The van der Waals surface area contributed by atoms with E-state index in [0.29, 0.717) is 16.2 Å². The number of rotatable bonds is 2. The van der Waals surface area contributed by atoms with Gasteiger partial charge in [0.2, 0.25) is 0 Å². The standard InChI is InChI=1S/C12H16Cl2N2/c13-10-7-6-9(12(14)16-10)11(15)8-4-2-1-3-5-8/h6-8,11H,1-5,15H2/t11-/m0/s1. The van der Waals surface area contributed by atoms with Crippen LogP contribution >= 0.6 is 23.2 Å². The van der Waals surface area contributed by atoms with Gasteiger partial charge < -0.3 is 5.73 Å². The molecular weight excluding hydrogens is 243 g/mol. The quantitative estimate of drug-likeness (QED) is 0.816. The summed E-state index contributed by atoms with van der Waals surface area (Å²) in [5.74, 6) is 0.536. The zero-order valence-electron chi connectivity index (χ0n) is 9.13. The summed E-state index contributed by atoms with van der Waals surface area (Å²) in [5.41, 5.74) is 7.18. The fraction of sp³-hybridized carbons (Fsp3) is 0.583. The van der Waals surface area contributed by atoms with Crippen LogP contribution in [-0.2, 0) is 0 Å². The van der Waals surface area contributed by atoms with E-state index in [2.05, 4.69) is 4.98 Å². The Morgan fingerprint density at radius 1 is 1.19 bits per heavy atom. The van der Waals surface area contributed by atoms with E-state index >= 15 is 0 Å². The van der Waals surface area contributed by atoms with Crippen LogP contribution < -0.4 is 5.73 Å². The maximum atomic E-state index is 6.25. The molecule has 0 unspecified atom stereocenters. The van der Waals surface area contributed by atoms with Gasteiger partial charge in [-0.3, -0.25) is 0 Å². The number of aromatic nitrogens is 1. The van der Waals surface area contributed by atoms with E-state index in [1.54, 1.807) is 6.07 Å². The lowest BCUT2D eigenvalue weighted by Crippen LogP contribution is -2.24. The number of nitrogens with zero attached hydrogens (tertiary/aromatic N) is 1. The molecule has 0 saturated heterocycles. The van der Waals surface area contributed by atoms with Crippen molar-refractivity contribution in [1.29, 1.82) is 0 Å². The van der Waals surface area contributed by atoms with Crippen molar-refractivity contribution in [2.75, 3.05) is 0 Å². The molecule has 1 aliphatic rings. The molecule has 0 aliphatic heterocycles. The lowest BCUT2D eigenvalue weighted by molar-refractivity contribution is 0.308. The minimum absolute atomic E-state index is 0.00225. The Morgan fingerprint density at radius 3 is 2.50 bits per heavy atom. The van der Waals surface area contributed by atoms with Crippen molar-refractivity contribution < 1.29 is 0 Å². The van der Waals surface area contributed by atoms with Gasteiger partial charge in [0.25, 0.3) is 0 Å². The minimum atomic E-state index is -0.00225. The number of pyridine rings is 1. The number of nitrogens with two attached hydrogens (primary N) is 1. The van der Waals surface area contributed by atoms with Crippen LogP contribution in [0.1, 0.15) is 43.7 Å². The first-order valence-electron chi connectivity index (χ1n) is 5.76. The normalized spacial score (nSPS) is 19.7. The summed E-state index contributed by atoms with van der Waals surface area (Å²) >= 11 is 11.8. The third-order valence-corrected chi connectivity index (χ3v) is 3.87. The first-order chi connectivity index (χ1) is 7.68. The molecule has 0 aromatic carbocycles. The Morgan fingerprint density at radius 2 is 1.88 bits per heavy atom. The maximum Gasteiger partial charge on any atom is 0.135 e. The highest BCUT2D eigenvalue weighted by atomic mass is 35.5. The van der Waals surface area contributed by atoms with Gasteiger partial charge in [-0.25, -0.2) is 4.98 Å². The first kappa shape index (κ1) is 12.2. The van der Waals surface area contributed by atoms with Crippen molar-refractivity contribution in [3.63, 3.8) is 0 Å². The van der Waals surface area contributed by atoms with Gasteiger partial charge in [0.15, 0.2) is 0 Å². The van der Waals surface area contributed by atoms with Gasteiger partial charge in [-0.15, -0.1) is 0 Å². The van der Waals surface area contributed by atoms with Crippen LogP contribution in [0.5, 0.6) is 0 Å². The molecule has 2 N–H and O–H groups in total. The molecule has 16 heavy (non-hydrogen) atoms. The highest BCUT2D eigenvalue weighted by Gasteiger charge is 2.23. The van der Waals surface area contributed by atoms with Gasteiger partial charge in [0.05, 0.1) is 0 Å². The number of hydrogen-bond donors (Lipinski definition) is 1. The van der Waals surface area contributed by atoms with Crippen molar-refractivity contribution in [1.82, 2.24) is 4.98 Å². The average molecular weight is 259 g/mol.